The summed E-state index contributed by atoms with van der Waals surface area (Å²) in [4.78, 5) is 0. The van der Waals surface area contributed by atoms with E-state index < -0.39 is 11.7 Å². The standard InChI is InChI=1S/C9H10BrF3N2/c1-15(2)14-8-5-6(10)3-4-7(8)9(11,12)13/h3-5,14H,1-2H3. The van der Waals surface area contributed by atoms with E-state index in [2.05, 4.69) is 21.4 Å². The van der Waals surface area contributed by atoms with Gasteiger partial charge in [0.1, 0.15) is 0 Å². The highest BCUT2D eigenvalue weighted by Gasteiger charge is 2.33. The van der Waals surface area contributed by atoms with Gasteiger partial charge in [-0.1, -0.05) is 15.9 Å². The fraction of sp³-hybridized carbons (Fsp3) is 0.333. The molecular weight excluding hydrogens is 273 g/mol. The van der Waals surface area contributed by atoms with Crippen LogP contribution in [0.1, 0.15) is 5.56 Å². The third-order valence-corrected chi connectivity index (χ3v) is 2.12. The van der Waals surface area contributed by atoms with Crippen molar-refractivity contribution in [2.24, 2.45) is 0 Å². The first-order valence-electron chi connectivity index (χ1n) is 4.11. The van der Waals surface area contributed by atoms with E-state index in [0.717, 1.165) is 6.07 Å². The summed E-state index contributed by atoms with van der Waals surface area (Å²) in [5.74, 6) is 0. The van der Waals surface area contributed by atoms with Crippen molar-refractivity contribution in [3.05, 3.63) is 28.2 Å². The van der Waals surface area contributed by atoms with Gasteiger partial charge >= 0.3 is 6.18 Å². The summed E-state index contributed by atoms with van der Waals surface area (Å²) in [5, 5.41) is 1.46. The largest absolute Gasteiger partial charge is 0.418 e. The van der Waals surface area contributed by atoms with Gasteiger partial charge in [-0.2, -0.15) is 13.2 Å². The van der Waals surface area contributed by atoms with E-state index in [1.165, 1.54) is 17.1 Å². The monoisotopic (exact) mass is 282 g/mol. The highest BCUT2D eigenvalue weighted by atomic mass is 79.9. The summed E-state index contributed by atoms with van der Waals surface area (Å²) in [5.41, 5.74) is 1.95. The number of halogens is 4. The molecule has 1 N–H and O–H groups in total. The van der Waals surface area contributed by atoms with E-state index in [-0.39, 0.29) is 5.69 Å². The molecule has 0 unspecified atom stereocenters. The third kappa shape index (κ3) is 3.39. The zero-order chi connectivity index (χ0) is 11.6. The molecule has 0 aliphatic carbocycles. The maximum Gasteiger partial charge on any atom is 0.418 e. The van der Waals surface area contributed by atoms with Crippen molar-refractivity contribution in [2.75, 3.05) is 19.5 Å². The lowest BCUT2D eigenvalue weighted by Crippen LogP contribution is -2.22. The van der Waals surface area contributed by atoms with Crippen molar-refractivity contribution in [3.8, 4) is 0 Å². The van der Waals surface area contributed by atoms with Gasteiger partial charge in [0.15, 0.2) is 0 Å². The molecule has 0 aliphatic heterocycles. The minimum Gasteiger partial charge on any atom is -0.319 e. The molecule has 0 amide bonds. The van der Waals surface area contributed by atoms with Crippen LogP contribution >= 0.6 is 15.9 Å². The molecule has 0 saturated carbocycles. The molecule has 0 heterocycles. The second-order valence-corrected chi connectivity index (χ2v) is 4.11. The van der Waals surface area contributed by atoms with Gasteiger partial charge in [0.2, 0.25) is 0 Å². The van der Waals surface area contributed by atoms with Crippen molar-refractivity contribution >= 4 is 21.6 Å². The van der Waals surface area contributed by atoms with Crippen LogP contribution in [0.25, 0.3) is 0 Å². The third-order valence-electron chi connectivity index (χ3n) is 1.63. The number of anilines is 1. The maximum atomic E-state index is 12.6. The highest BCUT2D eigenvalue weighted by molar-refractivity contribution is 9.10. The Morgan fingerprint density at radius 3 is 2.33 bits per heavy atom. The molecule has 1 rings (SSSR count). The summed E-state index contributed by atoms with van der Waals surface area (Å²) in [6.07, 6.45) is -4.35. The van der Waals surface area contributed by atoms with Crippen molar-refractivity contribution in [1.82, 2.24) is 5.01 Å². The summed E-state index contributed by atoms with van der Waals surface area (Å²) in [7, 11) is 3.25. The van der Waals surface area contributed by atoms with Crippen molar-refractivity contribution in [1.29, 1.82) is 0 Å². The van der Waals surface area contributed by atoms with Gasteiger partial charge < -0.3 is 5.43 Å². The zero-order valence-electron chi connectivity index (χ0n) is 8.19. The lowest BCUT2D eigenvalue weighted by Gasteiger charge is -2.18. The van der Waals surface area contributed by atoms with E-state index in [9.17, 15) is 13.2 Å². The van der Waals surface area contributed by atoms with Crippen LogP contribution in [-0.4, -0.2) is 19.1 Å². The summed E-state index contributed by atoms with van der Waals surface area (Å²) >= 11 is 3.13. The van der Waals surface area contributed by atoms with Gasteiger partial charge in [0, 0.05) is 18.6 Å². The number of alkyl halides is 3. The Hall–Kier alpha value is -0.750. The molecule has 0 saturated heterocycles. The van der Waals surface area contributed by atoms with Gasteiger partial charge in [-0.05, 0) is 18.2 Å². The zero-order valence-corrected chi connectivity index (χ0v) is 9.78. The SMILES string of the molecule is CN(C)Nc1cc(Br)ccc1C(F)(F)F. The van der Waals surface area contributed by atoms with Gasteiger partial charge in [0.05, 0.1) is 11.3 Å². The average Bonchev–Trinajstić information content (AvgIpc) is 1.99. The average molecular weight is 283 g/mol. The van der Waals surface area contributed by atoms with Crippen LogP contribution in [0.3, 0.4) is 0 Å². The first-order valence-corrected chi connectivity index (χ1v) is 4.90. The number of nitrogens with zero attached hydrogens (tertiary/aromatic N) is 1. The van der Waals surface area contributed by atoms with Crippen molar-refractivity contribution < 1.29 is 13.2 Å². The van der Waals surface area contributed by atoms with Gasteiger partial charge in [-0.3, -0.25) is 0 Å². The smallest absolute Gasteiger partial charge is 0.319 e. The molecule has 0 atom stereocenters. The van der Waals surface area contributed by atoms with Gasteiger partial charge in [-0.25, -0.2) is 5.01 Å². The van der Waals surface area contributed by atoms with E-state index in [4.69, 9.17) is 0 Å². The lowest BCUT2D eigenvalue weighted by atomic mass is 10.2. The number of benzene rings is 1. The lowest BCUT2D eigenvalue weighted by molar-refractivity contribution is -0.137. The predicted molar refractivity (Wildman–Crippen MR) is 56.5 cm³/mol. The van der Waals surface area contributed by atoms with Crippen molar-refractivity contribution in [2.45, 2.75) is 6.18 Å². The quantitative estimate of drug-likeness (QED) is 0.837. The fourth-order valence-corrected chi connectivity index (χ4v) is 1.46. The topological polar surface area (TPSA) is 15.3 Å². The van der Waals surface area contributed by atoms with Crippen LogP contribution in [0.5, 0.6) is 0 Å². The summed E-state index contributed by atoms with van der Waals surface area (Å²) in [6.45, 7) is 0. The number of hydrogen-bond donors (Lipinski definition) is 1. The van der Waals surface area contributed by atoms with E-state index >= 15 is 0 Å². The van der Waals surface area contributed by atoms with Crippen LogP contribution in [0, 0.1) is 0 Å². The van der Waals surface area contributed by atoms with Crippen LogP contribution in [0.2, 0.25) is 0 Å². The van der Waals surface area contributed by atoms with Crippen molar-refractivity contribution in [3.63, 3.8) is 0 Å². The molecular formula is C9H10BrF3N2. The minimum atomic E-state index is -4.35. The second kappa shape index (κ2) is 4.40. The van der Waals surface area contributed by atoms with Crippen LogP contribution < -0.4 is 5.43 Å². The number of rotatable bonds is 2. The molecule has 1 aromatic carbocycles. The Balaban J connectivity index is 3.15. The molecule has 0 aliphatic rings. The maximum absolute atomic E-state index is 12.6. The van der Waals surface area contributed by atoms with E-state index in [0.29, 0.717) is 4.47 Å². The van der Waals surface area contributed by atoms with Crippen LogP contribution in [0.4, 0.5) is 18.9 Å². The van der Waals surface area contributed by atoms with E-state index in [1.54, 1.807) is 14.1 Å². The summed E-state index contributed by atoms with van der Waals surface area (Å²) < 4.78 is 38.3. The first kappa shape index (κ1) is 12.3. The normalized spacial score (nSPS) is 11.9. The van der Waals surface area contributed by atoms with Gasteiger partial charge in [0.25, 0.3) is 0 Å². The number of hydrazine groups is 1. The first-order chi connectivity index (χ1) is 6.80. The Morgan fingerprint density at radius 1 is 1.27 bits per heavy atom. The Bertz CT molecular complexity index is 350. The molecule has 2 nitrogen and oxygen atoms in total. The molecule has 0 radical (unpaired) electrons. The molecule has 1 aromatic rings. The number of hydrogen-bond acceptors (Lipinski definition) is 2. The molecule has 0 aromatic heterocycles. The highest BCUT2D eigenvalue weighted by Crippen LogP contribution is 2.36. The molecule has 0 bridgehead atoms. The van der Waals surface area contributed by atoms with Crippen LogP contribution in [-0.2, 0) is 6.18 Å². The van der Waals surface area contributed by atoms with Crippen LogP contribution in [0.15, 0.2) is 22.7 Å². The molecule has 15 heavy (non-hydrogen) atoms. The molecule has 84 valence electrons. The summed E-state index contributed by atoms with van der Waals surface area (Å²) in [6, 6.07) is 3.79. The number of nitrogens with one attached hydrogen (secondary N) is 1. The molecule has 0 fully saturated rings. The fourth-order valence-electron chi connectivity index (χ4n) is 1.10. The molecule has 0 spiro atoms. The minimum absolute atomic E-state index is 0.0295. The van der Waals surface area contributed by atoms with E-state index in [1.807, 2.05) is 0 Å². The predicted octanol–water partition coefficient (Wildman–Crippen LogP) is 3.36. The Morgan fingerprint density at radius 2 is 1.87 bits per heavy atom. The van der Waals surface area contributed by atoms with Gasteiger partial charge in [-0.15, -0.1) is 0 Å². The molecule has 6 heteroatoms. The Labute approximate surface area is 94.2 Å². The Kier molecular flexibility index (Phi) is 3.62. The second-order valence-electron chi connectivity index (χ2n) is 3.19.